The number of hydrogen-bond donors (Lipinski definition) is 0. The Morgan fingerprint density at radius 2 is 1.93 bits per heavy atom. The summed E-state index contributed by atoms with van der Waals surface area (Å²) in [6.45, 7) is 2.04. The summed E-state index contributed by atoms with van der Waals surface area (Å²) in [4.78, 5) is 33.0. The van der Waals surface area contributed by atoms with E-state index < -0.39 is 12.0 Å². The van der Waals surface area contributed by atoms with E-state index in [1.54, 1.807) is 24.7 Å². The number of carbonyl (C=O) groups is 1. The number of benzene rings is 3. The van der Waals surface area contributed by atoms with E-state index >= 15 is 0 Å². The molecule has 0 bridgehead atoms. The second-order valence-corrected chi connectivity index (χ2v) is 11.1. The number of methoxy groups -OCH3 is 1. The number of halogens is 1. The summed E-state index contributed by atoms with van der Waals surface area (Å²) in [5, 5.41) is 0. The Balaban J connectivity index is 1.62. The highest BCUT2D eigenvalue weighted by molar-refractivity contribution is 14.1. The number of esters is 1. The molecule has 2 aliphatic rings. The van der Waals surface area contributed by atoms with Crippen LogP contribution in [0.25, 0.3) is 11.8 Å². The zero-order valence-electron chi connectivity index (χ0n) is 21.5. The Hall–Kier alpha value is -3.90. The summed E-state index contributed by atoms with van der Waals surface area (Å²) in [6.07, 6.45) is 1.83. The van der Waals surface area contributed by atoms with Crippen LogP contribution in [0.4, 0.5) is 0 Å². The van der Waals surface area contributed by atoms with Crippen LogP contribution in [-0.4, -0.2) is 31.0 Å². The number of hydrogen-bond acceptors (Lipinski definition) is 8. The first kappa shape index (κ1) is 26.3. The lowest BCUT2D eigenvalue weighted by Gasteiger charge is -2.26. The summed E-state index contributed by atoms with van der Waals surface area (Å²) in [6, 6.07) is 19.8. The zero-order valence-corrected chi connectivity index (χ0v) is 24.5. The Morgan fingerprint density at radius 1 is 1.12 bits per heavy atom. The normalized spacial score (nSPS) is 16.0. The third-order valence-corrected chi connectivity index (χ3v) is 8.39. The van der Waals surface area contributed by atoms with E-state index in [4.69, 9.17) is 23.9 Å². The molecule has 0 N–H and O–H groups in total. The van der Waals surface area contributed by atoms with Gasteiger partial charge in [0, 0.05) is 5.56 Å². The van der Waals surface area contributed by atoms with Gasteiger partial charge in [-0.1, -0.05) is 53.8 Å². The number of nitrogens with zero attached hydrogens (tertiary/aromatic N) is 2. The van der Waals surface area contributed by atoms with E-state index in [2.05, 4.69) is 22.6 Å². The van der Waals surface area contributed by atoms with Gasteiger partial charge >= 0.3 is 5.97 Å². The van der Waals surface area contributed by atoms with Crippen molar-refractivity contribution in [1.29, 1.82) is 0 Å². The molecule has 0 fully saturated rings. The van der Waals surface area contributed by atoms with Gasteiger partial charge < -0.3 is 18.9 Å². The average Bonchev–Trinajstić information content (AvgIpc) is 3.56. The molecule has 6 rings (SSSR count). The Labute approximate surface area is 247 Å². The first-order valence-electron chi connectivity index (χ1n) is 12.5. The molecular formula is C30H23IN2O6S. The minimum atomic E-state index is -0.793. The summed E-state index contributed by atoms with van der Waals surface area (Å²) < 4.78 is 25.0. The van der Waals surface area contributed by atoms with Crippen LogP contribution >= 0.6 is 33.9 Å². The fourth-order valence-corrected chi connectivity index (χ4v) is 6.52. The largest absolute Gasteiger partial charge is 0.496 e. The van der Waals surface area contributed by atoms with E-state index in [-0.39, 0.29) is 24.5 Å². The van der Waals surface area contributed by atoms with Crippen molar-refractivity contribution in [3.63, 3.8) is 0 Å². The maximum atomic E-state index is 14.0. The minimum Gasteiger partial charge on any atom is -0.496 e. The van der Waals surface area contributed by atoms with Gasteiger partial charge in [-0.3, -0.25) is 9.36 Å². The number of rotatable bonds is 6. The second-order valence-electron chi connectivity index (χ2n) is 8.94. The predicted molar refractivity (Wildman–Crippen MR) is 159 cm³/mol. The Bertz CT molecular complexity index is 1840. The van der Waals surface area contributed by atoms with Crippen molar-refractivity contribution in [3.05, 3.63) is 112 Å². The summed E-state index contributed by atoms with van der Waals surface area (Å²) in [5.41, 5.74) is 2.77. The van der Waals surface area contributed by atoms with Crippen molar-refractivity contribution in [2.24, 2.45) is 4.99 Å². The third-order valence-electron chi connectivity index (χ3n) is 6.56. The quantitative estimate of drug-likeness (QED) is 0.226. The SMILES string of the molecule is CCOC(=O)C1=C(c2ccccc2)N=c2s/c(=C\c3ccc(OC)c(I)c3)c(=O)n2C1c1ccc2c(c1)OCO2. The monoisotopic (exact) mass is 666 g/mol. The van der Waals surface area contributed by atoms with Gasteiger partial charge in [0.1, 0.15) is 5.75 Å². The average molecular weight is 666 g/mol. The molecule has 10 heteroatoms. The van der Waals surface area contributed by atoms with Gasteiger partial charge in [0.05, 0.1) is 39.1 Å². The first-order chi connectivity index (χ1) is 19.5. The van der Waals surface area contributed by atoms with Gasteiger partial charge in [0.2, 0.25) is 6.79 Å². The van der Waals surface area contributed by atoms with Crippen LogP contribution in [0.5, 0.6) is 17.2 Å². The Kier molecular flexibility index (Phi) is 7.20. The molecule has 40 heavy (non-hydrogen) atoms. The van der Waals surface area contributed by atoms with E-state index in [0.717, 1.165) is 20.4 Å². The first-order valence-corrected chi connectivity index (χ1v) is 14.4. The van der Waals surface area contributed by atoms with Gasteiger partial charge in [-0.15, -0.1) is 0 Å². The molecule has 3 aromatic carbocycles. The highest BCUT2D eigenvalue weighted by atomic mass is 127. The lowest BCUT2D eigenvalue weighted by atomic mass is 9.93. The molecule has 4 aromatic rings. The van der Waals surface area contributed by atoms with Crippen molar-refractivity contribution in [2.75, 3.05) is 20.5 Å². The zero-order chi connectivity index (χ0) is 27.8. The van der Waals surface area contributed by atoms with Crippen LogP contribution in [0.3, 0.4) is 0 Å². The maximum Gasteiger partial charge on any atom is 0.338 e. The standard InChI is InChI=1S/C30H23IN2O6S/c1-3-37-29(35)25-26(18-7-5-4-6-8-18)32-30-33(27(25)19-10-12-22-23(15-19)39-16-38-22)28(34)24(40-30)14-17-9-11-21(36-2)20(31)13-17/h4-15,27H,3,16H2,1-2H3/b24-14-. The van der Waals surface area contributed by atoms with Crippen molar-refractivity contribution in [2.45, 2.75) is 13.0 Å². The smallest absolute Gasteiger partial charge is 0.338 e. The fourth-order valence-electron chi connectivity index (χ4n) is 4.76. The summed E-state index contributed by atoms with van der Waals surface area (Å²) in [7, 11) is 1.62. The summed E-state index contributed by atoms with van der Waals surface area (Å²) in [5.74, 6) is 1.38. The highest BCUT2D eigenvalue weighted by Gasteiger charge is 2.36. The third kappa shape index (κ3) is 4.71. The van der Waals surface area contributed by atoms with E-state index in [1.807, 2.05) is 66.7 Å². The molecular weight excluding hydrogens is 643 g/mol. The molecule has 1 atom stereocenters. The molecule has 0 amide bonds. The minimum absolute atomic E-state index is 0.109. The summed E-state index contributed by atoms with van der Waals surface area (Å²) >= 11 is 3.48. The molecule has 0 aliphatic carbocycles. The molecule has 1 unspecified atom stereocenters. The molecule has 0 saturated heterocycles. The van der Waals surface area contributed by atoms with Crippen LogP contribution in [0.15, 0.2) is 82.1 Å². The lowest BCUT2D eigenvalue weighted by Crippen LogP contribution is -2.40. The van der Waals surface area contributed by atoms with E-state index in [1.165, 1.54) is 11.3 Å². The van der Waals surface area contributed by atoms with Gasteiger partial charge in [-0.25, -0.2) is 9.79 Å². The number of thiazole rings is 1. The highest BCUT2D eigenvalue weighted by Crippen LogP contribution is 2.40. The number of carbonyl (C=O) groups excluding carboxylic acids is 1. The van der Waals surface area contributed by atoms with Gasteiger partial charge in [-0.05, 0) is 71.0 Å². The van der Waals surface area contributed by atoms with Crippen LogP contribution in [0.2, 0.25) is 0 Å². The second kappa shape index (κ2) is 10.9. The predicted octanol–water partition coefficient (Wildman–Crippen LogP) is 4.28. The molecule has 0 spiro atoms. The van der Waals surface area contributed by atoms with Gasteiger partial charge in [0.15, 0.2) is 16.3 Å². The molecule has 0 saturated carbocycles. The molecule has 8 nitrogen and oxygen atoms in total. The van der Waals surface area contributed by atoms with Crippen molar-refractivity contribution >= 4 is 51.7 Å². The number of ether oxygens (including phenoxy) is 4. The Morgan fingerprint density at radius 3 is 2.67 bits per heavy atom. The molecule has 202 valence electrons. The van der Waals surface area contributed by atoms with Crippen molar-refractivity contribution in [3.8, 4) is 17.2 Å². The fraction of sp³-hybridized carbons (Fsp3) is 0.167. The van der Waals surface area contributed by atoms with Crippen molar-refractivity contribution in [1.82, 2.24) is 4.57 Å². The van der Waals surface area contributed by atoms with Crippen molar-refractivity contribution < 1.29 is 23.7 Å². The van der Waals surface area contributed by atoms with Crippen LogP contribution in [0, 0.1) is 3.57 Å². The number of fused-ring (bicyclic) bond motifs is 2. The van der Waals surface area contributed by atoms with Gasteiger partial charge in [-0.2, -0.15) is 0 Å². The maximum absolute atomic E-state index is 14.0. The molecule has 2 aliphatic heterocycles. The van der Waals surface area contributed by atoms with Crippen LogP contribution < -0.4 is 29.1 Å². The molecule has 3 heterocycles. The van der Waals surface area contributed by atoms with Crippen LogP contribution in [0.1, 0.15) is 29.7 Å². The number of aromatic nitrogens is 1. The topological polar surface area (TPSA) is 88.4 Å². The van der Waals surface area contributed by atoms with E-state index in [0.29, 0.717) is 32.1 Å². The molecule has 1 aromatic heterocycles. The van der Waals surface area contributed by atoms with Gasteiger partial charge in [0.25, 0.3) is 5.56 Å². The van der Waals surface area contributed by atoms with E-state index in [9.17, 15) is 9.59 Å². The van der Waals surface area contributed by atoms with Crippen LogP contribution in [-0.2, 0) is 9.53 Å². The molecule has 0 radical (unpaired) electrons. The lowest BCUT2D eigenvalue weighted by molar-refractivity contribution is -0.138.